The molecule has 5 nitrogen and oxygen atoms in total. The Morgan fingerprint density at radius 3 is 2.74 bits per heavy atom. The number of halogens is 1. The van der Waals surface area contributed by atoms with Crippen molar-refractivity contribution < 1.29 is 14.6 Å². The fourth-order valence-electron chi connectivity index (χ4n) is 2.30. The molecular weight excluding hydrogens is 361 g/mol. The van der Waals surface area contributed by atoms with Crippen LogP contribution in [0.5, 0.6) is 0 Å². The van der Waals surface area contributed by atoms with Gasteiger partial charge >= 0.3 is 5.97 Å². The van der Waals surface area contributed by atoms with Gasteiger partial charge in [-0.2, -0.15) is 0 Å². The lowest BCUT2D eigenvalue weighted by Gasteiger charge is -2.31. The van der Waals surface area contributed by atoms with Gasteiger partial charge in [0, 0.05) is 12.1 Å². The molecule has 6 heteroatoms. The molecule has 0 aliphatic carbocycles. The molecule has 1 aliphatic rings. The van der Waals surface area contributed by atoms with Gasteiger partial charge in [-0.3, -0.25) is 4.79 Å². The zero-order valence-corrected chi connectivity index (χ0v) is 13.1. The number of pyridine rings is 1. The molecule has 104 valence electrons. The molecule has 19 heavy (non-hydrogen) atoms. The van der Waals surface area contributed by atoms with Gasteiger partial charge < -0.3 is 14.4 Å². The first-order valence-electron chi connectivity index (χ1n) is 6.28. The molecule has 0 fully saturated rings. The van der Waals surface area contributed by atoms with Crippen LogP contribution in [0.25, 0.3) is 0 Å². The number of aliphatic hydroxyl groups is 1. The van der Waals surface area contributed by atoms with Crippen LogP contribution in [0.1, 0.15) is 37.8 Å². The Kier molecular flexibility index (Phi) is 4.00. The van der Waals surface area contributed by atoms with Crippen molar-refractivity contribution in [1.29, 1.82) is 0 Å². The molecule has 1 aromatic heterocycles. The number of aromatic nitrogens is 1. The molecule has 2 heterocycles. The van der Waals surface area contributed by atoms with Crippen LogP contribution in [0.2, 0.25) is 0 Å². The van der Waals surface area contributed by atoms with Crippen LogP contribution in [0, 0.1) is 3.70 Å². The maximum Gasteiger partial charge on any atom is 0.343 e. The molecule has 1 atom stereocenters. The number of nitrogens with zero attached hydrogens (tertiary/aromatic N) is 1. The lowest BCUT2D eigenvalue weighted by molar-refractivity contribution is -0.172. The highest BCUT2D eigenvalue weighted by Gasteiger charge is 2.44. The lowest BCUT2D eigenvalue weighted by atomic mass is 9.87. The van der Waals surface area contributed by atoms with Gasteiger partial charge in [0.05, 0.1) is 9.26 Å². The van der Waals surface area contributed by atoms with E-state index in [1.165, 1.54) is 0 Å². The van der Waals surface area contributed by atoms with Crippen LogP contribution in [0.3, 0.4) is 0 Å². The van der Waals surface area contributed by atoms with Crippen molar-refractivity contribution in [3.8, 4) is 0 Å². The van der Waals surface area contributed by atoms with Crippen LogP contribution in [0.4, 0.5) is 0 Å². The molecule has 1 aliphatic heterocycles. The maximum absolute atomic E-state index is 12.4. The first-order chi connectivity index (χ1) is 8.95. The predicted molar refractivity (Wildman–Crippen MR) is 77.7 cm³/mol. The van der Waals surface area contributed by atoms with Crippen molar-refractivity contribution in [1.82, 2.24) is 4.57 Å². The standard InChI is InChI=1S/C13H16INO4/c1-3-5-15-10(14)6-9-8(11(15)16)7-19-12(17)13(9,18)4-2/h6,18H,3-5,7H2,1-2H3/t13-/m0/s1. The highest BCUT2D eigenvalue weighted by Crippen LogP contribution is 2.33. The van der Waals surface area contributed by atoms with Gasteiger partial charge in [0.2, 0.25) is 0 Å². The molecule has 0 saturated carbocycles. The first-order valence-corrected chi connectivity index (χ1v) is 7.35. The van der Waals surface area contributed by atoms with E-state index < -0.39 is 11.6 Å². The summed E-state index contributed by atoms with van der Waals surface area (Å²) in [5.74, 6) is -0.675. The van der Waals surface area contributed by atoms with E-state index in [0.29, 0.717) is 17.7 Å². The molecule has 0 saturated heterocycles. The number of esters is 1. The highest BCUT2D eigenvalue weighted by atomic mass is 127. The Morgan fingerprint density at radius 2 is 2.16 bits per heavy atom. The topological polar surface area (TPSA) is 68.5 Å². The second-order valence-electron chi connectivity index (χ2n) is 4.61. The number of carbonyl (C=O) groups excluding carboxylic acids is 1. The Hall–Kier alpha value is -0.890. The van der Waals surface area contributed by atoms with Crippen molar-refractivity contribution in [3.05, 3.63) is 31.2 Å². The number of hydrogen-bond donors (Lipinski definition) is 1. The van der Waals surface area contributed by atoms with Gasteiger partial charge in [-0.25, -0.2) is 4.79 Å². The molecule has 2 rings (SSSR count). The molecular formula is C13H16INO4. The minimum Gasteiger partial charge on any atom is -0.458 e. The fourth-order valence-corrected chi connectivity index (χ4v) is 3.07. The summed E-state index contributed by atoms with van der Waals surface area (Å²) >= 11 is 2.06. The number of ether oxygens (including phenoxy) is 1. The van der Waals surface area contributed by atoms with Gasteiger partial charge in [0.15, 0.2) is 5.60 Å². The Labute approximate surface area is 124 Å². The van der Waals surface area contributed by atoms with Crippen molar-refractivity contribution in [3.63, 3.8) is 0 Å². The van der Waals surface area contributed by atoms with Crippen LogP contribution < -0.4 is 5.56 Å². The summed E-state index contributed by atoms with van der Waals surface area (Å²) in [6, 6.07) is 1.72. The van der Waals surface area contributed by atoms with E-state index in [2.05, 4.69) is 22.6 Å². The average Bonchev–Trinajstić information content (AvgIpc) is 2.39. The minimum atomic E-state index is -1.70. The van der Waals surface area contributed by atoms with E-state index in [-0.39, 0.29) is 18.6 Å². The van der Waals surface area contributed by atoms with Crippen molar-refractivity contribution in [2.45, 2.75) is 45.4 Å². The minimum absolute atomic E-state index is 0.0596. The predicted octanol–water partition coefficient (Wildman–Crippen LogP) is 1.52. The maximum atomic E-state index is 12.4. The first kappa shape index (κ1) is 14.5. The fraction of sp³-hybridized carbons (Fsp3) is 0.538. The molecule has 1 aromatic rings. The Balaban J connectivity index is 2.69. The van der Waals surface area contributed by atoms with E-state index in [4.69, 9.17) is 4.74 Å². The summed E-state index contributed by atoms with van der Waals surface area (Å²) in [5, 5.41) is 10.4. The van der Waals surface area contributed by atoms with E-state index in [1.807, 2.05) is 6.92 Å². The summed E-state index contributed by atoms with van der Waals surface area (Å²) in [6.07, 6.45) is 1.03. The van der Waals surface area contributed by atoms with E-state index >= 15 is 0 Å². The molecule has 0 spiro atoms. The van der Waals surface area contributed by atoms with Crippen LogP contribution in [-0.4, -0.2) is 15.6 Å². The SMILES string of the molecule is CCCn1c(I)cc2c(c1=O)COC(=O)[C@]2(O)CC. The molecule has 0 amide bonds. The van der Waals surface area contributed by atoms with Gasteiger partial charge in [-0.15, -0.1) is 0 Å². The third-order valence-corrected chi connectivity index (χ3v) is 4.33. The van der Waals surface area contributed by atoms with Gasteiger partial charge in [0.25, 0.3) is 5.56 Å². The average molecular weight is 377 g/mol. The monoisotopic (exact) mass is 377 g/mol. The number of rotatable bonds is 3. The van der Waals surface area contributed by atoms with Gasteiger partial charge in [-0.05, 0) is 41.5 Å². The second-order valence-corrected chi connectivity index (χ2v) is 5.71. The summed E-state index contributed by atoms with van der Waals surface area (Å²) < 4.78 is 7.33. The zero-order valence-electron chi connectivity index (χ0n) is 10.9. The largest absolute Gasteiger partial charge is 0.458 e. The third kappa shape index (κ3) is 2.20. The normalized spacial score (nSPS) is 22.0. The van der Waals surface area contributed by atoms with Gasteiger partial charge in [-0.1, -0.05) is 13.8 Å². The summed E-state index contributed by atoms with van der Waals surface area (Å²) in [5.41, 5.74) is -1.09. The Bertz CT molecular complexity index is 581. The second kappa shape index (κ2) is 5.24. The van der Waals surface area contributed by atoms with E-state index in [9.17, 15) is 14.7 Å². The number of fused-ring (bicyclic) bond motifs is 1. The summed E-state index contributed by atoms with van der Waals surface area (Å²) in [6.45, 7) is 4.24. The van der Waals surface area contributed by atoms with Crippen LogP contribution in [-0.2, 0) is 28.3 Å². The highest BCUT2D eigenvalue weighted by molar-refractivity contribution is 14.1. The van der Waals surface area contributed by atoms with E-state index in [0.717, 1.165) is 10.1 Å². The Morgan fingerprint density at radius 1 is 1.47 bits per heavy atom. The molecule has 1 N–H and O–H groups in total. The molecule has 0 radical (unpaired) electrons. The van der Waals surface area contributed by atoms with Crippen LogP contribution >= 0.6 is 22.6 Å². The summed E-state index contributed by atoms with van der Waals surface area (Å²) in [7, 11) is 0. The number of hydrogen-bond acceptors (Lipinski definition) is 4. The number of cyclic esters (lactones) is 1. The third-order valence-electron chi connectivity index (χ3n) is 3.44. The van der Waals surface area contributed by atoms with Crippen molar-refractivity contribution >= 4 is 28.6 Å². The van der Waals surface area contributed by atoms with E-state index in [1.54, 1.807) is 17.6 Å². The molecule has 0 bridgehead atoms. The molecule has 0 aromatic carbocycles. The summed E-state index contributed by atoms with van der Waals surface area (Å²) in [4.78, 5) is 24.2. The number of carbonyl (C=O) groups is 1. The molecule has 0 unspecified atom stereocenters. The quantitative estimate of drug-likeness (QED) is 0.493. The zero-order chi connectivity index (χ0) is 14.2. The smallest absolute Gasteiger partial charge is 0.343 e. The van der Waals surface area contributed by atoms with Crippen LogP contribution in [0.15, 0.2) is 10.9 Å². The van der Waals surface area contributed by atoms with Gasteiger partial charge in [0.1, 0.15) is 6.61 Å². The van der Waals surface area contributed by atoms with Crippen molar-refractivity contribution in [2.24, 2.45) is 0 Å². The lowest BCUT2D eigenvalue weighted by Crippen LogP contribution is -2.44. The van der Waals surface area contributed by atoms with Crippen molar-refractivity contribution in [2.75, 3.05) is 0 Å².